The Kier molecular flexibility index (Phi) is 5.19. The number of hydrogen-bond donors (Lipinski definition) is 0. The highest BCUT2D eigenvalue weighted by Gasteiger charge is 2.18. The van der Waals surface area contributed by atoms with Crippen LogP contribution in [0, 0.1) is 12.7 Å². The fourth-order valence-corrected chi connectivity index (χ4v) is 3.58. The number of aryl methyl sites for hydroxylation is 1. The molecule has 1 aromatic heterocycles. The number of fused-ring (bicyclic) bond motifs is 1. The molecule has 0 aliphatic carbocycles. The Bertz CT molecular complexity index is 1310. The number of hydrogen-bond acceptors (Lipinski definition) is 3. The Morgan fingerprint density at radius 1 is 1.03 bits per heavy atom. The Hall–Kier alpha value is -3.73. The SMILES string of the molecule is COc1ccccc1Cn1cc(C(=O)c2ccc(F)cc2)c(=O)c2cc(C)ccc21. The zero-order valence-corrected chi connectivity index (χ0v) is 16.7. The topological polar surface area (TPSA) is 48.3 Å². The van der Waals surface area contributed by atoms with Crippen molar-refractivity contribution in [2.45, 2.75) is 13.5 Å². The second kappa shape index (κ2) is 7.95. The summed E-state index contributed by atoms with van der Waals surface area (Å²) in [6.45, 7) is 2.32. The van der Waals surface area contributed by atoms with E-state index in [2.05, 4.69) is 0 Å². The second-order valence-electron chi connectivity index (χ2n) is 7.17. The number of para-hydroxylation sites is 1. The van der Waals surface area contributed by atoms with Gasteiger partial charge in [-0.25, -0.2) is 4.39 Å². The Balaban J connectivity index is 1.91. The van der Waals surface area contributed by atoms with Crippen molar-refractivity contribution in [1.82, 2.24) is 4.57 Å². The van der Waals surface area contributed by atoms with Gasteiger partial charge in [0.1, 0.15) is 11.6 Å². The molecule has 0 atom stereocenters. The lowest BCUT2D eigenvalue weighted by Crippen LogP contribution is -2.20. The predicted molar refractivity (Wildman–Crippen MR) is 115 cm³/mol. The maximum atomic E-state index is 13.3. The molecule has 4 aromatic rings. The van der Waals surface area contributed by atoms with Crippen molar-refractivity contribution < 1.29 is 13.9 Å². The fourth-order valence-electron chi connectivity index (χ4n) is 3.58. The van der Waals surface area contributed by atoms with Gasteiger partial charge < -0.3 is 9.30 Å². The first-order valence-corrected chi connectivity index (χ1v) is 9.54. The lowest BCUT2D eigenvalue weighted by atomic mass is 10.0. The lowest BCUT2D eigenvalue weighted by Gasteiger charge is -2.15. The predicted octanol–water partition coefficient (Wildman–Crippen LogP) is 4.74. The molecule has 0 amide bonds. The number of nitrogens with zero attached hydrogens (tertiary/aromatic N) is 1. The van der Waals surface area contributed by atoms with Crippen LogP contribution in [0.15, 0.2) is 77.7 Å². The van der Waals surface area contributed by atoms with Crippen molar-refractivity contribution in [2.75, 3.05) is 7.11 Å². The van der Waals surface area contributed by atoms with Crippen molar-refractivity contribution in [3.8, 4) is 5.75 Å². The lowest BCUT2D eigenvalue weighted by molar-refractivity contribution is 0.103. The van der Waals surface area contributed by atoms with Gasteiger partial charge in [-0.3, -0.25) is 9.59 Å². The normalized spacial score (nSPS) is 10.9. The van der Waals surface area contributed by atoms with Crippen LogP contribution in [-0.4, -0.2) is 17.5 Å². The fraction of sp³-hybridized carbons (Fsp3) is 0.120. The van der Waals surface area contributed by atoms with Crippen LogP contribution >= 0.6 is 0 Å². The average Bonchev–Trinajstić information content (AvgIpc) is 2.76. The van der Waals surface area contributed by atoms with Crippen LogP contribution in [0.3, 0.4) is 0 Å². The molecule has 0 N–H and O–H groups in total. The molecular formula is C25H20FNO3. The van der Waals surface area contributed by atoms with Gasteiger partial charge in [0.2, 0.25) is 5.43 Å². The summed E-state index contributed by atoms with van der Waals surface area (Å²) < 4.78 is 20.6. The number of ether oxygens (including phenoxy) is 1. The number of carbonyl (C=O) groups is 1. The van der Waals surface area contributed by atoms with Crippen LogP contribution in [0.5, 0.6) is 5.75 Å². The minimum Gasteiger partial charge on any atom is -0.496 e. The minimum absolute atomic E-state index is 0.0506. The van der Waals surface area contributed by atoms with E-state index in [-0.39, 0.29) is 16.6 Å². The van der Waals surface area contributed by atoms with Crippen molar-refractivity contribution in [2.24, 2.45) is 0 Å². The molecule has 30 heavy (non-hydrogen) atoms. The third kappa shape index (κ3) is 3.62. The summed E-state index contributed by atoms with van der Waals surface area (Å²) in [6, 6.07) is 18.4. The van der Waals surface area contributed by atoms with Crippen LogP contribution in [0.4, 0.5) is 4.39 Å². The number of aromatic nitrogens is 1. The van der Waals surface area contributed by atoms with E-state index in [1.54, 1.807) is 19.4 Å². The molecule has 150 valence electrons. The third-order valence-corrected chi connectivity index (χ3v) is 5.12. The molecule has 3 aromatic carbocycles. The van der Waals surface area contributed by atoms with E-state index < -0.39 is 11.6 Å². The molecule has 4 rings (SSSR count). The van der Waals surface area contributed by atoms with Crippen molar-refractivity contribution in [3.05, 3.63) is 111 Å². The number of rotatable bonds is 5. The van der Waals surface area contributed by atoms with Gasteiger partial charge in [0.25, 0.3) is 0 Å². The van der Waals surface area contributed by atoms with E-state index in [0.29, 0.717) is 11.9 Å². The summed E-state index contributed by atoms with van der Waals surface area (Å²) in [4.78, 5) is 26.2. The number of pyridine rings is 1. The maximum absolute atomic E-state index is 13.3. The van der Waals surface area contributed by atoms with E-state index in [1.165, 1.54) is 24.3 Å². The van der Waals surface area contributed by atoms with E-state index >= 15 is 0 Å². The molecule has 0 aliphatic heterocycles. The first kappa shape index (κ1) is 19.6. The maximum Gasteiger partial charge on any atom is 0.200 e. The van der Waals surface area contributed by atoms with Crippen molar-refractivity contribution in [3.63, 3.8) is 0 Å². The first-order valence-electron chi connectivity index (χ1n) is 9.54. The van der Waals surface area contributed by atoms with E-state index in [9.17, 15) is 14.0 Å². The molecule has 0 aliphatic rings. The highest BCUT2D eigenvalue weighted by atomic mass is 19.1. The Morgan fingerprint density at radius 2 is 1.77 bits per heavy atom. The van der Waals surface area contributed by atoms with Crippen LogP contribution in [0.25, 0.3) is 10.9 Å². The van der Waals surface area contributed by atoms with Crippen LogP contribution in [0.2, 0.25) is 0 Å². The standard InChI is InChI=1S/C25H20FNO3/c1-16-7-12-22-20(13-16)25(29)21(24(28)17-8-10-19(26)11-9-17)15-27(22)14-18-5-3-4-6-23(18)30-2/h3-13,15H,14H2,1-2H3. The number of benzene rings is 3. The molecule has 0 bridgehead atoms. The minimum atomic E-state index is -0.436. The molecule has 1 heterocycles. The molecule has 0 saturated heterocycles. The van der Waals surface area contributed by atoms with Gasteiger partial charge in [-0.1, -0.05) is 29.8 Å². The van der Waals surface area contributed by atoms with E-state index in [4.69, 9.17) is 4.74 Å². The summed E-state index contributed by atoms with van der Waals surface area (Å²) in [6.07, 6.45) is 1.58. The molecule has 0 saturated carbocycles. The molecule has 0 radical (unpaired) electrons. The quantitative estimate of drug-likeness (QED) is 0.454. The highest BCUT2D eigenvalue weighted by molar-refractivity contribution is 6.10. The van der Waals surface area contributed by atoms with Gasteiger partial charge in [0.05, 0.1) is 24.7 Å². The number of halogens is 1. The van der Waals surface area contributed by atoms with E-state index in [1.807, 2.05) is 47.9 Å². The molecule has 5 heteroatoms. The summed E-state index contributed by atoms with van der Waals surface area (Å²) in [5.74, 6) is -0.144. The molecule has 0 fully saturated rings. The average molecular weight is 401 g/mol. The summed E-state index contributed by atoms with van der Waals surface area (Å²) >= 11 is 0. The summed E-state index contributed by atoms with van der Waals surface area (Å²) in [5, 5.41) is 0.470. The molecule has 0 spiro atoms. The number of carbonyl (C=O) groups excluding carboxylic acids is 1. The Labute approximate surface area is 173 Å². The zero-order chi connectivity index (χ0) is 21.3. The van der Waals surface area contributed by atoms with Gasteiger partial charge in [-0.15, -0.1) is 0 Å². The first-order chi connectivity index (χ1) is 14.5. The monoisotopic (exact) mass is 401 g/mol. The highest BCUT2D eigenvalue weighted by Crippen LogP contribution is 2.22. The molecule has 4 nitrogen and oxygen atoms in total. The van der Waals surface area contributed by atoms with Crippen molar-refractivity contribution in [1.29, 1.82) is 0 Å². The number of ketones is 1. The molecule has 0 unspecified atom stereocenters. The summed E-state index contributed by atoms with van der Waals surface area (Å²) in [7, 11) is 1.61. The largest absolute Gasteiger partial charge is 0.496 e. The van der Waals surface area contributed by atoms with Crippen LogP contribution < -0.4 is 10.2 Å². The van der Waals surface area contributed by atoms with Gasteiger partial charge in [0, 0.05) is 22.7 Å². The molecular weight excluding hydrogens is 381 g/mol. The van der Waals surface area contributed by atoms with Gasteiger partial charge in [-0.2, -0.15) is 0 Å². The summed E-state index contributed by atoms with van der Waals surface area (Å²) in [5.41, 5.74) is 2.56. The van der Waals surface area contributed by atoms with E-state index in [0.717, 1.165) is 22.4 Å². The van der Waals surface area contributed by atoms with Gasteiger partial charge >= 0.3 is 0 Å². The number of methoxy groups -OCH3 is 1. The third-order valence-electron chi connectivity index (χ3n) is 5.12. The van der Waals surface area contributed by atoms with Crippen molar-refractivity contribution >= 4 is 16.7 Å². The smallest absolute Gasteiger partial charge is 0.200 e. The zero-order valence-electron chi connectivity index (χ0n) is 16.7. The van der Waals surface area contributed by atoms with Gasteiger partial charge in [-0.05, 0) is 49.4 Å². The van der Waals surface area contributed by atoms with Gasteiger partial charge in [0.15, 0.2) is 5.78 Å². The van der Waals surface area contributed by atoms with Crippen LogP contribution in [-0.2, 0) is 6.54 Å². The Morgan fingerprint density at radius 3 is 2.50 bits per heavy atom. The van der Waals surface area contributed by atoms with Crippen LogP contribution in [0.1, 0.15) is 27.0 Å². The second-order valence-corrected chi connectivity index (χ2v) is 7.17.